The van der Waals surface area contributed by atoms with Crippen molar-refractivity contribution >= 4 is 23.3 Å². The van der Waals surface area contributed by atoms with E-state index in [2.05, 4.69) is 5.32 Å². The first-order valence-electron chi connectivity index (χ1n) is 5.99. The molecule has 0 saturated heterocycles. The maximum atomic E-state index is 13.7. The van der Waals surface area contributed by atoms with Crippen LogP contribution in [-0.2, 0) is 6.54 Å². The number of hydrogen-bond donors (Lipinski definition) is 2. The Hall–Kier alpha value is -2.07. The smallest absolute Gasteiger partial charge is 0.335 e. The predicted octanol–water partition coefficient (Wildman–Crippen LogP) is 4.10. The Balaban J connectivity index is 2.15. The minimum Gasteiger partial charge on any atom is -0.478 e. The van der Waals surface area contributed by atoms with E-state index in [0.717, 1.165) is 11.3 Å². The Morgan fingerprint density at radius 3 is 2.75 bits per heavy atom. The highest BCUT2D eigenvalue weighted by Gasteiger charge is 2.08. The zero-order valence-corrected chi connectivity index (χ0v) is 11.5. The van der Waals surface area contributed by atoms with Gasteiger partial charge in [0.25, 0.3) is 0 Å². The highest BCUT2D eigenvalue weighted by atomic mass is 35.5. The molecule has 5 heteroatoms. The Morgan fingerprint density at radius 2 is 2.10 bits per heavy atom. The molecule has 0 fully saturated rings. The van der Waals surface area contributed by atoms with Gasteiger partial charge in [0.05, 0.1) is 10.6 Å². The molecule has 0 bridgehead atoms. The SMILES string of the molecule is Cc1cc(C(=O)O)ccc1NCc1cccc(Cl)c1F. The number of carbonyl (C=O) groups is 1. The largest absolute Gasteiger partial charge is 0.478 e. The second kappa shape index (κ2) is 5.92. The highest BCUT2D eigenvalue weighted by Crippen LogP contribution is 2.21. The lowest BCUT2D eigenvalue weighted by molar-refractivity contribution is 0.0697. The molecule has 104 valence electrons. The first-order chi connectivity index (χ1) is 9.49. The Kier molecular flexibility index (Phi) is 4.25. The van der Waals surface area contributed by atoms with Gasteiger partial charge in [-0.2, -0.15) is 0 Å². The molecular weight excluding hydrogens is 281 g/mol. The van der Waals surface area contributed by atoms with Gasteiger partial charge in [-0.05, 0) is 36.8 Å². The monoisotopic (exact) mass is 293 g/mol. The standard InChI is InChI=1S/C15H13ClFNO2/c1-9-7-10(15(19)20)5-6-13(9)18-8-11-3-2-4-12(16)14(11)17/h2-7,18H,8H2,1H3,(H,19,20). The number of carboxylic acids is 1. The fraction of sp³-hybridized carbons (Fsp3) is 0.133. The summed E-state index contributed by atoms with van der Waals surface area (Å²) in [7, 11) is 0. The molecule has 3 nitrogen and oxygen atoms in total. The number of rotatable bonds is 4. The van der Waals surface area contributed by atoms with Crippen LogP contribution in [0, 0.1) is 12.7 Å². The molecule has 2 aromatic rings. The summed E-state index contributed by atoms with van der Waals surface area (Å²) in [6.07, 6.45) is 0. The maximum absolute atomic E-state index is 13.7. The third-order valence-corrected chi connectivity index (χ3v) is 3.27. The van der Waals surface area contributed by atoms with Crippen molar-refractivity contribution in [2.45, 2.75) is 13.5 Å². The zero-order valence-electron chi connectivity index (χ0n) is 10.8. The molecule has 2 N–H and O–H groups in total. The van der Waals surface area contributed by atoms with Gasteiger partial charge >= 0.3 is 5.97 Å². The molecule has 0 spiro atoms. The second-order valence-corrected chi connectivity index (χ2v) is 4.81. The summed E-state index contributed by atoms with van der Waals surface area (Å²) < 4.78 is 13.7. The van der Waals surface area contributed by atoms with E-state index < -0.39 is 11.8 Å². The van der Waals surface area contributed by atoms with Crippen molar-refractivity contribution in [3.63, 3.8) is 0 Å². The normalized spacial score (nSPS) is 10.3. The lowest BCUT2D eigenvalue weighted by Gasteiger charge is -2.11. The molecule has 2 aromatic carbocycles. The molecule has 0 amide bonds. The first-order valence-corrected chi connectivity index (χ1v) is 6.37. The maximum Gasteiger partial charge on any atom is 0.335 e. The summed E-state index contributed by atoms with van der Waals surface area (Å²) in [5.74, 6) is -1.41. The van der Waals surface area contributed by atoms with Crippen LogP contribution in [0.2, 0.25) is 5.02 Å². The molecule has 20 heavy (non-hydrogen) atoms. The van der Waals surface area contributed by atoms with E-state index in [9.17, 15) is 9.18 Å². The van der Waals surface area contributed by atoms with Crippen molar-refractivity contribution in [3.05, 3.63) is 63.9 Å². The minimum absolute atomic E-state index is 0.0854. The summed E-state index contributed by atoms with van der Waals surface area (Å²) in [5, 5.41) is 12.0. The van der Waals surface area contributed by atoms with E-state index in [4.69, 9.17) is 16.7 Å². The first kappa shape index (κ1) is 14.3. The summed E-state index contributed by atoms with van der Waals surface area (Å²) in [6.45, 7) is 2.07. The Labute approximate surface area is 121 Å². The number of aryl methyl sites for hydroxylation is 1. The second-order valence-electron chi connectivity index (χ2n) is 4.40. The van der Waals surface area contributed by atoms with Gasteiger partial charge in [0.15, 0.2) is 0 Å². The van der Waals surface area contributed by atoms with Crippen LogP contribution in [0.1, 0.15) is 21.5 Å². The van der Waals surface area contributed by atoms with Gasteiger partial charge in [0.2, 0.25) is 0 Å². The number of benzene rings is 2. The van der Waals surface area contributed by atoms with E-state index in [0.29, 0.717) is 5.56 Å². The molecule has 0 aliphatic heterocycles. The minimum atomic E-state index is -0.972. The van der Waals surface area contributed by atoms with Crippen molar-refractivity contribution in [2.24, 2.45) is 0 Å². The summed E-state index contributed by atoms with van der Waals surface area (Å²) >= 11 is 5.71. The topological polar surface area (TPSA) is 49.3 Å². The lowest BCUT2D eigenvalue weighted by atomic mass is 10.1. The van der Waals surface area contributed by atoms with Crippen molar-refractivity contribution in [1.29, 1.82) is 0 Å². The van der Waals surface area contributed by atoms with Crippen LogP contribution in [0.5, 0.6) is 0 Å². The van der Waals surface area contributed by atoms with Gasteiger partial charge in [-0.3, -0.25) is 0 Å². The summed E-state index contributed by atoms with van der Waals surface area (Å²) in [6, 6.07) is 9.57. The quantitative estimate of drug-likeness (QED) is 0.892. The number of carboxylic acid groups (broad SMARTS) is 1. The van der Waals surface area contributed by atoms with Crippen LogP contribution in [0.25, 0.3) is 0 Å². The van der Waals surface area contributed by atoms with Crippen LogP contribution < -0.4 is 5.32 Å². The molecule has 0 atom stereocenters. The summed E-state index contributed by atoms with van der Waals surface area (Å²) in [5.41, 5.74) is 2.22. The van der Waals surface area contributed by atoms with Crippen LogP contribution >= 0.6 is 11.6 Å². The third kappa shape index (κ3) is 3.08. The van der Waals surface area contributed by atoms with Gasteiger partial charge in [-0.1, -0.05) is 23.7 Å². The average Bonchev–Trinajstić information content (AvgIpc) is 2.41. The van der Waals surface area contributed by atoms with Crippen LogP contribution in [-0.4, -0.2) is 11.1 Å². The van der Waals surface area contributed by atoms with E-state index in [1.165, 1.54) is 12.1 Å². The number of hydrogen-bond acceptors (Lipinski definition) is 2. The van der Waals surface area contributed by atoms with E-state index in [1.807, 2.05) is 0 Å². The molecular formula is C15H13ClFNO2. The van der Waals surface area contributed by atoms with Crippen molar-refractivity contribution in [3.8, 4) is 0 Å². The van der Waals surface area contributed by atoms with Gasteiger partial charge in [-0.15, -0.1) is 0 Å². The predicted molar refractivity (Wildman–Crippen MR) is 76.9 cm³/mol. The van der Waals surface area contributed by atoms with Crippen molar-refractivity contribution < 1.29 is 14.3 Å². The molecule has 0 aliphatic rings. The van der Waals surface area contributed by atoms with Crippen molar-refractivity contribution in [1.82, 2.24) is 0 Å². The Morgan fingerprint density at radius 1 is 1.35 bits per heavy atom. The molecule has 0 aromatic heterocycles. The fourth-order valence-electron chi connectivity index (χ4n) is 1.87. The van der Waals surface area contributed by atoms with E-state index in [1.54, 1.807) is 31.2 Å². The van der Waals surface area contributed by atoms with Crippen LogP contribution in [0.4, 0.5) is 10.1 Å². The number of aromatic carboxylic acids is 1. The Bertz CT molecular complexity index is 658. The van der Waals surface area contributed by atoms with Crippen LogP contribution in [0.3, 0.4) is 0 Å². The molecule has 0 heterocycles. The average molecular weight is 294 g/mol. The number of nitrogens with one attached hydrogen (secondary N) is 1. The molecule has 0 radical (unpaired) electrons. The number of halogens is 2. The van der Waals surface area contributed by atoms with E-state index >= 15 is 0 Å². The van der Waals surface area contributed by atoms with Crippen LogP contribution in [0.15, 0.2) is 36.4 Å². The number of anilines is 1. The highest BCUT2D eigenvalue weighted by molar-refractivity contribution is 6.30. The molecule has 2 rings (SSSR count). The molecule has 0 saturated carbocycles. The zero-order chi connectivity index (χ0) is 14.7. The van der Waals surface area contributed by atoms with Gasteiger partial charge < -0.3 is 10.4 Å². The van der Waals surface area contributed by atoms with Gasteiger partial charge in [-0.25, -0.2) is 9.18 Å². The lowest BCUT2D eigenvalue weighted by Crippen LogP contribution is -2.04. The fourth-order valence-corrected chi connectivity index (χ4v) is 2.06. The van der Waals surface area contributed by atoms with E-state index in [-0.39, 0.29) is 17.1 Å². The van der Waals surface area contributed by atoms with Gasteiger partial charge in [0.1, 0.15) is 5.82 Å². The molecule has 0 aliphatic carbocycles. The van der Waals surface area contributed by atoms with Crippen molar-refractivity contribution in [2.75, 3.05) is 5.32 Å². The molecule has 0 unspecified atom stereocenters. The third-order valence-electron chi connectivity index (χ3n) is 2.97. The van der Waals surface area contributed by atoms with Gasteiger partial charge in [0, 0.05) is 17.8 Å². The summed E-state index contributed by atoms with van der Waals surface area (Å²) in [4.78, 5) is 10.8.